The van der Waals surface area contributed by atoms with Crippen LogP contribution < -0.4 is 29.1 Å². The molecule has 0 saturated heterocycles. The summed E-state index contributed by atoms with van der Waals surface area (Å²) in [6.45, 7) is 26.9. The Morgan fingerprint density at radius 2 is 0.411 bits per heavy atom. The summed E-state index contributed by atoms with van der Waals surface area (Å²) in [6.07, 6.45) is 17.3. The fraction of sp³-hybridized carbons (Fsp3) is 0.119. The summed E-state index contributed by atoms with van der Waals surface area (Å²) in [4.78, 5) is 9.42. The van der Waals surface area contributed by atoms with Gasteiger partial charge in [0, 0.05) is 73.8 Å². The summed E-state index contributed by atoms with van der Waals surface area (Å²) in [7, 11) is 0. The van der Waals surface area contributed by atoms with Gasteiger partial charge in [-0.2, -0.15) is 0 Å². The zero-order valence-corrected chi connectivity index (χ0v) is 73.3. The van der Waals surface area contributed by atoms with Gasteiger partial charge in [-0.25, -0.2) is 0 Å². The van der Waals surface area contributed by atoms with Crippen LogP contribution in [0.2, 0.25) is 0 Å². The standard InChI is InChI=1S/2C59H54N2O/c1-7-62-57-36-22-50(23-37-57)17-16-49-20-30-54(31-21-49)61(59-39-11-44(4)41-46(59)6)56-34-26-52(27-35-56)51-24-32-55(33-25-51)60(58-38-10-43(3)40-45(58)5)53-28-18-48(19-29-53)15-14-47-12-8-42(2)9-13-47;1-7-62-59-11-9-8-10-52(59)25-20-49-23-32-54(33-24-49)61(58-39-15-44(4)41-46(58)6)56-36-28-51(29-37-56)50-26-34-55(35-27-50)60(57-38-14-43(3)40-45(57)5)53-30-21-48(22-31-53)19-18-47-16-12-42(2)13-17-47/h2*8-41H,7H2,1-6H3/b15-14+,17-16+;19-18+,25-20+. The molecule has 0 bridgehead atoms. The Hall–Kier alpha value is -14.7. The van der Waals surface area contributed by atoms with Gasteiger partial charge < -0.3 is 29.1 Å². The average Bonchev–Trinajstić information content (AvgIpc) is 0.793. The largest absolute Gasteiger partial charge is 0.494 e. The predicted octanol–water partition coefficient (Wildman–Crippen LogP) is 33.1. The molecule has 16 rings (SSSR count). The lowest BCUT2D eigenvalue weighted by Gasteiger charge is -2.28. The van der Waals surface area contributed by atoms with Gasteiger partial charge in [-0.05, 0) is 306 Å². The van der Waals surface area contributed by atoms with E-state index in [4.69, 9.17) is 9.47 Å². The lowest BCUT2D eigenvalue weighted by atomic mass is 10.0. The molecule has 0 radical (unpaired) electrons. The first-order valence-corrected chi connectivity index (χ1v) is 43.0. The number of rotatable bonds is 26. The lowest BCUT2D eigenvalue weighted by molar-refractivity contribution is 0.339. The van der Waals surface area contributed by atoms with Crippen molar-refractivity contribution < 1.29 is 9.47 Å². The average molecular weight is 1610 g/mol. The molecule has 0 aromatic heterocycles. The van der Waals surface area contributed by atoms with E-state index in [0.717, 1.165) is 119 Å². The fourth-order valence-corrected chi connectivity index (χ4v) is 15.9. The van der Waals surface area contributed by atoms with Crippen molar-refractivity contribution in [2.24, 2.45) is 0 Å². The van der Waals surface area contributed by atoms with Crippen molar-refractivity contribution in [1.29, 1.82) is 0 Å². The summed E-state index contributed by atoms with van der Waals surface area (Å²) in [5, 5.41) is 0. The molecule has 6 heteroatoms. The SMILES string of the molecule is CCOc1ccc(/C=C/c2ccc(N(c3ccc(-c4ccc(N(c5ccc(/C=C/c6ccc(C)cc6)cc5)c5ccc(C)cc5C)cc4)cc3)c3ccc(C)cc3C)cc2)cc1.CCOc1ccccc1/C=C/c1ccc(N(c2ccc(-c3ccc(N(c4ccc(/C=C/c5ccc(C)cc5)cc4)c4ccc(C)cc4C)cc3)cc2)c2ccc(C)cc2C)cc1. The molecule has 0 saturated carbocycles. The predicted molar refractivity (Wildman–Crippen MR) is 534 cm³/mol. The fourth-order valence-electron chi connectivity index (χ4n) is 15.9. The van der Waals surface area contributed by atoms with Crippen LogP contribution in [0.5, 0.6) is 11.5 Å². The monoisotopic (exact) mass is 1610 g/mol. The summed E-state index contributed by atoms with van der Waals surface area (Å²) >= 11 is 0. The first-order chi connectivity index (χ1) is 60.4. The van der Waals surface area contributed by atoms with Crippen molar-refractivity contribution >= 4 is 117 Å². The molecule has 16 aromatic rings. The van der Waals surface area contributed by atoms with Crippen molar-refractivity contribution in [1.82, 2.24) is 0 Å². The van der Waals surface area contributed by atoms with Crippen LogP contribution in [0.25, 0.3) is 70.9 Å². The second kappa shape index (κ2) is 39.7. The molecule has 0 aliphatic heterocycles. The van der Waals surface area contributed by atoms with Crippen molar-refractivity contribution in [3.63, 3.8) is 0 Å². The minimum absolute atomic E-state index is 0.637. The zero-order chi connectivity index (χ0) is 86.0. The van der Waals surface area contributed by atoms with E-state index in [-0.39, 0.29) is 0 Å². The number of nitrogens with zero attached hydrogens (tertiary/aromatic N) is 4. The molecule has 0 aliphatic carbocycles. The third-order valence-corrected chi connectivity index (χ3v) is 22.6. The van der Waals surface area contributed by atoms with E-state index in [0.29, 0.717) is 13.2 Å². The molecule has 6 nitrogen and oxygen atoms in total. The minimum atomic E-state index is 0.637. The van der Waals surface area contributed by atoms with Gasteiger partial charge in [0.15, 0.2) is 0 Å². The second-order valence-corrected chi connectivity index (χ2v) is 32.2. The maximum atomic E-state index is 5.85. The van der Waals surface area contributed by atoms with Gasteiger partial charge in [0.1, 0.15) is 11.5 Å². The number of hydrogen-bond donors (Lipinski definition) is 0. The van der Waals surface area contributed by atoms with Crippen LogP contribution in [0.1, 0.15) is 114 Å². The van der Waals surface area contributed by atoms with E-state index in [9.17, 15) is 0 Å². The molecule has 0 fully saturated rings. The van der Waals surface area contributed by atoms with E-state index >= 15 is 0 Å². The highest BCUT2D eigenvalue weighted by atomic mass is 16.5. The maximum absolute atomic E-state index is 5.85. The normalized spacial score (nSPS) is 11.3. The van der Waals surface area contributed by atoms with Crippen LogP contribution in [0.4, 0.5) is 68.2 Å². The molecular formula is C118H108N4O2. The van der Waals surface area contributed by atoms with Crippen molar-refractivity contribution in [2.45, 2.75) is 83.1 Å². The molecule has 124 heavy (non-hydrogen) atoms. The first kappa shape index (κ1) is 84.3. The summed E-state index contributed by atoms with van der Waals surface area (Å²) in [5.41, 5.74) is 39.8. The Morgan fingerprint density at radius 1 is 0.202 bits per heavy atom. The Morgan fingerprint density at radius 3 is 0.653 bits per heavy atom. The first-order valence-electron chi connectivity index (χ1n) is 43.0. The lowest BCUT2D eigenvalue weighted by Crippen LogP contribution is -2.11. The molecule has 0 heterocycles. The van der Waals surface area contributed by atoms with Crippen LogP contribution in [-0.2, 0) is 0 Å². The third-order valence-electron chi connectivity index (χ3n) is 22.6. The van der Waals surface area contributed by atoms with Gasteiger partial charge in [0.05, 0.1) is 13.2 Å². The summed E-state index contributed by atoms with van der Waals surface area (Å²) in [6, 6.07) is 131. The zero-order valence-electron chi connectivity index (χ0n) is 73.3. The number of benzene rings is 16. The molecule has 612 valence electrons. The smallest absolute Gasteiger partial charge is 0.126 e. The van der Waals surface area contributed by atoms with E-state index in [1.54, 1.807) is 0 Å². The van der Waals surface area contributed by atoms with E-state index in [1.165, 1.54) is 83.6 Å². The molecule has 0 unspecified atom stereocenters. The third kappa shape index (κ3) is 21.0. The van der Waals surface area contributed by atoms with Crippen molar-refractivity contribution in [3.05, 3.63) is 464 Å². The topological polar surface area (TPSA) is 31.4 Å². The molecule has 0 amide bonds. The number of aryl methyl sites for hydroxylation is 10. The van der Waals surface area contributed by atoms with Crippen molar-refractivity contribution in [2.75, 3.05) is 32.8 Å². The van der Waals surface area contributed by atoms with Crippen LogP contribution >= 0.6 is 0 Å². The number of hydrogen-bond acceptors (Lipinski definition) is 6. The van der Waals surface area contributed by atoms with Gasteiger partial charge >= 0.3 is 0 Å². The maximum Gasteiger partial charge on any atom is 0.126 e. The Bertz CT molecular complexity index is 6400. The van der Waals surface area contributed by atoms with Crippen LogP contribution in [0.15, 0.2) is 364 Å². The number of para-hydroxylation sites is 1. The number of anilines is 12. The second-order valence-electron chi connectivity index (χ2n) is 32.2. The van der Waals surface area contributed by atoms with Crippen LogP contribution in [-0.4, -0.2) is 13.2 Å². The number of ether oxygens (including phenoxy) is 2. The van der Waals surface area contributed by atoms with E-state index in [1.807, 2.05) is 44.2 Å². The summed E-state index contributed by atoms with van der Waals surface area (Å²) in [5.74, 6) is 1.79. The Balaban J connectivity index is 0.000000192. The molecule has 0 N–H and O–H groups in total. The van der Waals surface area contributed by atoms with Gasteiger partial charge in [0.2, 0.25) is 0 Å². The highest BCUT2D eigenvalue weighted by Crippen LogP contribution is 2.44. The van der Waals surface area contributed by atoms with E-state index in [2.05, 4.69) is 471 Å². The van der Waals surface area contributed by atoms with Gasteiger partial charge in [-0.15, -0.1) is 0 Å². The highest BCUT2D eigenvalue weighted by Gasteiger charge is 2.21. The summed E-state index contributed by atoms with van der Waals surface area (Å²) < 4.78 is 11.5. The highest BCUT2D eigenvalue weighted by molar-refractivity contribution is 5.88. The molecule has 16 aromatic carbocycles. The quantitative estimate of drug-likeness (QED) is 0.0502. The molecular weight excluding hydrogens is 1510 g/mol. The molecule has 0 atom stereocenters. The Labute approximate surface area is 735 Å². The molecule has 0 spiro atoms. The van der Waals surface area contributed by atoms with E-state index < -0.39 is 0 Å². The van der Waals surface area contributed by atoms with Crippen molar-refractivity contribution in [3.8, 4) is 33.8 Å². The van der Waals surface area contributed by atoms with Crippen LogP contribution in [0.3, 0.4) is 0 Å². The molecule has 0 aliphatic rings. The van der Waals surface area contributed by atoms with Crippen LogP contribution in [0, 0.1) is 69.2 Å². The van der Waals surface area contributed by atoms with Gasteiger partial charge in [0.25, 0.3) is 0 Å². The van der Waals surface area contributed by atoms with Gasteiger partial charge in [-0.1, -0.05) is 306 Å². The Kier molecular flexibility index (Phi) is 27.0. The van der Waals surface area contributed by atoms with Gasteiger partial charge in [-0.3, -0.25) is 0 Å². The minimum Gasteiger partial charge on any atom is -0.494 e.